The molecule has 0 aliphatic heterocycles. The van der Waals surface area contributed by atoms with Gasteiger partial charge in [0.15, 0.2) is 0 Å². The largest absolute Gasteiger partial charge is 0.480 e. The monoisotopic (exact) mass is 391 g/mol. The minimum Gasteiger partial charge on any atom is -0.480 e. The molecule has 156 valence electrons. The number of aliphatic carboxylic acids is 1. The van der Waals surface area contributed by atoms with Gasteiger partial charge in [-0.3, -0.25) is 14.4 Å². The van der Waals surface area contributed by atoms with Gasteiger partial charge in [-0.25, -0.2) is 4.79 Å². The summed E-state index contributed by atoms with van der Waals surface area (Å²) in [6.07, 6.45) is 0.113. The van der Waals surface area contributed by atoms with Crippen molar-refractivity contribution in [3.8, 4) is 0 Å². The number of hydrogen-bond acceptors (Lipinski definition) is 8. The average Bonchev–Trinajstić information content (AvgIpc) is 2.62. The number of carboxylic acid groups (broad SMARTS) is 1. The third kappa shape index (κ3) is 9.84. The van der Waals surface area contributed by atoms with Crippen LogP contribution in [0.2, 0.25) is 0 Å². The summed E-state index contributed by atoms with van der Waals surface area (Å²) in [6, 6.07) is -3.80. The molecule has 0 rings (SSSR count). The summed E-state index contributed by atoms with van der Waals surface area (Å²) in [4.78, 5) is 46.6. The third-order valence-corrected chi connectivity index (χ3v) is 3.64. The lowest BCUT2D eigenvalue weighted by atomic mass is 10.1. The van der Waals surface area contributed by atoms with Crippen molar-refractivity contribution in [1.82, 2.24) is 16.0 Å². The highest BCUT2D eigenvalue weighted by molar-refractivity contribution is 5.92. The van der Waals surface area contributed by atoms with Crippen LogP contribution in [0.1, 0.15) is 26.2 Å². The van der Waals surface area contributed by atoms with Crippen LogP contribution >= 0.6 is 0 Å². The second-order valence-corrected chi connectivity index (χ2v) is 5.97. The molecule has 0 heterocycles. The van der Waals surface area contributed by atoms with Crippen molar-refractivity contribution < 1.29 is 34.5 Å². The van der Waals surface area contributed by atoms with E-state index in [0.717, 1.165) is 0 Å². The topological polar surface area (TPSA) is 217 Å². The Balaban J connectivity index is 4.58. The fourth-order valence-corrected chi connectivity index (χ4v) is 1.97. The molecule has 0 aliphatic rings. The van der Waals surface area contributed by atoms with Crippen molar-refractivity contribution in [2.24, 2.45) is 11.5 Å². The van der Waals surface area contributed by atoms with Crippen molar-refractivity contribution in [3.63, 3.8) is 0 Å². The van der Waals surface area contributed by atoms with Crippen molar-refractivity contribution in [3.05, 3.63) is 0 Å². The van der Waals surface area contributed by atoms with Crippen LogP contribution in [0.15, 0.2) is 0 Å². The summed E-state index contributed by atoms with van der Waals surface area (Å²) in [5.41, 5.74) is 10.7. The van der Waals surface area contributed by atoms with Crippen LogP contribution in [-0.4, -0.2) is 82.9 Å². The smallest absolute Gasteiger partial charge is 0.326 e. The molecule has 0 aromatic rings. The summed E-state index contributed by atoms with van der Waals surface area (Å²) in [5.74, 6) is -3.69. The lowest BCUT2D eigenvalue weighted by molar-refractivity contribution is -0.142. The van der Waals surface area contributed by atoms with E-state index in [-0.39, 0.29) is 6.42 Å². The zero-order valence-electron chi connectivity index (χ0n) is 15.2. The maximum Gasteiger partial charge on any atom is 0.326 e. The van der Waals surface area contributed by atoms with E-state index in [9.17, 15) is 29.4 Å². The summed E-state index contributed by atoms with van der Waals surface area (Å²) in [5, 5.41) is 34.2. The molecule has 12 nitrogen and oxygen atoms in total. The van der Waals surface area contributed by atoms with Crippen molar-refractivity contribution in [2.45, 2.75) is 50.4 Å². The van der Waals surface area contributed by atoms with Crippen LogP contribution in [0.5, 0.6) is 0 Å². The number of nitrogens with one attached hydrogen (secondary N) is 3. The second kappa shape index (κ2) is 13.0. The molecular formula is C15H29N5O7. The summed E-state index contributed by atoms with van der Waals surface area (Å²) >= 11 is 0. The first kappa shape index (κ1) is 24.7. The molecule has 0 saturated carbocycles. The van der Waals surface area contributed by atoms with E-state index in [0.29, 0.717) is 19.4 Å². The van der Waals surface area contributed by atoms with Crippen LogP contribution in [0.3, 0.4) is 0 Å². The lowest BCUT2D eigenvalue weighted by Gasteiger charge is -2.20. The van der Waals surface area contributed by atoms with E-state index in [4.69, 9.17) is 16.6 Å². The van der Waals surface area contributed by atoms with Crippen LogP contribution in [-0.2, 0) is 19.2 Å². The zero-order valence-corrected chi connectivity index (χ0v) is 15.2. The Hall–Kier alpha value is -2.28. The molecule has 4 atom stereocenters. The van der Waals surface area contributed by atoms with E-state index >= 15 is 0 Å². The number of rotatable bonds is 13. The fraction of sp³-hybridized carbons (Fsp3) is 0.733. The van der Waals surface area contributed by atoms with E-state index in [1.165, 1.54) is 6.92 Å². The first-order valence-corrected chi connectivity index (χ1v) is 8.48. The van der Waals surface area contributed by atoms with Gasteiger partial charge in [0.2, 0.25) is 17.7 Å². The number of aliphatic hydroxyl groups excluding tert-OH is 2. The van der Waals surface area contributed by atoms with Gasteiger partial charge < -0.3 is 42.7 Å². The van der Waals surface area contributed by atoms with E-state index in [2.05, 4.69) is 16.0 Å². The molecule has 0 aromatic heterocycles. The Labute approximate surface area is 156 Å². The van der Waals surface area contributed by atoms with Crippen molar-refractivity contribution in [2.75, 3.05) is 19.7 Å². The van der Waals surface area contributed by atoms with Gasteiger partial charge in [-0.1, -0.05) is 0 Å². The van der Waals surface area contributed by atoms with Gasteiger partial charge in [-0.05, 0) is 32.7 Å². The summed E-state index contributed by atoms with van der Waals surface area (Å²) < 4.78 is 0. The molecule has 0 aliphatic carbocycles. The molecular weight excluding hydrogens is 362 g/mol. The number of nitrogens with two attached hydrogens (primary N) is 2. The number of carbonyl (C=O) groups is 4. The molecule has 4 unspecified atom stereocenters. The molecule has 10 N–H and O–H groups in total. The number of hydrogen-bond donors (Lipinski definition) is 8. The Morgan fingerprint density at radius 1 is 1.04 bits per heavy atom. The van der Waals surface area contributed by atoms with Gasteiger partial charge in [0.05, 0.1) is 19.3 Å². The maximum absolute atomic E-state index is 12.1. The molecule has 12 heteroatoms. The zero-order chi connectivity index (χ0) is 21.0. The number of carbonyl (C=O) groups excluding carboxylic acids is 3. The number of unbranched alkanes of at least 4 members (excludes halogenated alkanes) is 1. The summed E-state index contributed by atoms with van der Waals surface area (Å²) in [7, 11) is 0. The first-order valence-electron chi connectivity index (χ1n) is 8.48. The van der Waals surface area contributed by atoms with E-state index < -0.39 is 61.1 Å². The molecule has 3 amide bonds. The van der Waals surface area contributed by atoms with Crippen LogP contribution in [0.25, 0.3) is 0 Å². The highest BCUT2D eigenvalue weighted by Crippen LogP contribution is 2.01. The van der Waals surface area contributed by atoms with Crippen molar-refractivity contribution in [1.29, 1.82) is 0 Å². The molecule has 0 saturated heterocycles. The van der Waals surface area contributed by atoms with Gasteiger partial charge in [0, 0.05) is 0 Å². The molecule has 0 radical (unpaired) electrons. The Morgan fingerprint density at radius 2 is 1.67 bits per heavy atom. The molecule has 0 aromatic carbocycles. The maximum atomic E-state index is 12.1. The van der Waals surface area contributed by atoms with Crippen LogP contribution in [0, 0.1) is 0 Å². The normalized spacial score (nSPS) is 15.1. The Morgan fingerprint density at radius 3 is 2.15 bits per heavy atom. The minimum atomic E-state index is -1.39. The van der Waals surface area contributed by atoms with Gasteiger partial charge in [0.25, 0.3) is 0 Å². The highest BCUT2D eigenvalue weighted by atomic mass is 16.4. The van der Waals surface area contributed by atoms with E-state index in [1.807, 2.05) is 0 Å². The molecule has 27 heavy (non-hydrogen) atoms. The van der Waals surface area contributed by atoms with Gasteiger partial charge in [-0.15, -0.1) is 0 Å². The molecule has 0 spiro atoms. The quantitative estimate of drug-likeness (QED) is 0.143. The highest BCUT2D eigenvalue weighted by Gasteiger charge is 2.26. The number of carboxylic acids is 1. The van der Waals surface area contributed by atoms with Crippen LogP contribution in [0.4, 0.5) is 0 Å². The Kier molecular flexibility index (Phi) is 11.9. The van der Waals surface area contributed by atoms with Crippen LogP contribution < -0.4 is 27.4 Å². The number of aliphatic hydroxyl groups is 2. The Bertz CT molecular complexity index is 515. The molecule has 0 bridgehead atoms. The first-order chi connectivity index (χ1) is 12.6. The predicted molar refractivity (Wildman–Crippen MR) is 94.2 cm³/mol. The van der Waals surface area contributed by atoms with Gasteiger partial charge in [-0.2, -0.15) is 0 Å². The van der Waals surface area contributed by atoms with E-state index in [1.54, 1.807) is 0 Å². The second-order valence-electron chi connectivity index (χ2n) is 5.97. The fourth-order valence-electron chi connectivity index (χ4n) is 1.97. The standard InChI is InChI=1S/C15H29N5O7/c1-8(22)12(17)14(25)18-6-11(23)19-10(7-21)13(24)20-9(15(26)27)4-2-3-5-16/h8-10,12,21-22H,2-7,16-17H2,1H3,(H,18,25)(H,19,23)(H,20,24)(H,26,27). The van der Waals surface area contributed by atoms with Gasteiger partial charge in [0.1, 0.15) is 18.1 Å². The average molecular weight is 391 g/mol. The van der Waals surface area contributed by atoms with Gasteiger partial charge >= 0.3 is 5.97 Å². The molecule has 0 fully saturated rings. The summed E-state index contributed by atoms with van der Waals surface area (Å²) in [6.45, 7) is 0.388. The lowest BCUT2D eigenvalue weighted by Crippen LogP contribution is -2.55. The minimum absolute atomic E-state index is 0.150. The third-order valence-electron chi connectivity index (χ3n) is 3.64. The predicted octanol–water partition coefficient (Wildman–Crippen LogP) is -4.01. The number of amides is 3. The van der Waals surface area contributed by atoms with Crippen molar-refractivity contribution >= 4 is 23.7 Å². The SMILES string of the molecule is CC(O)C(N)C(=O)NCC(=O)NC(CO)C(=O)NC(CCCCN)C(=O)O.